The maximum Gasteiger partial charge on any atom is 0.313 e. The summed E-state index contributed by atoms with van der Waals surface area (Å²) in [5, 5.41) is 0. The topological polar surface area (TPSA) is 35.5 Å². The molecule has 0 aromatic carbocycles. The summed E-state index contributed by atoms with van der Waals surface area (Å²) in [5.74, 6) is 0.210. The van der Waals surface area contributed by atoms with E-state index in [0.717, 1.165) is 25.7 Å². The van der Waals surface area contributed by atoms with Crippen molar-refractivity contribution in [2.24, 2.45) is 11.8 Å². The van der Waals surface area contributed by atoms with E-state index in [-0.39, 0.29) is 35.6 Å². The first-order valence-electron chi connectivity index (χ1n) is 8.78. The molecule has 3 aliphatic heterocycles. The Morgan fingerprint density at radius 1 is 1.00 bits per heavy atom. The molecule has 0 unspecified atom stereocenters. The van der Waals surface area contributed by atoms with Gasteiger partial charge in [0, 0.05) is 5.92 Å². The zero-order chi connectivity index (χ0) is 14.9. The van der Waals surface area contributed by atoms with E-state index >= 15 is 0 Å². The molecular weight excluding hydrogens is 264 g/mol. The van der Waals surface area contributed by atoms with Gasteiger partial charge in [0.05, 0.1) is 18.1 Å². The minimum absolute atomic E-state index is 0.00940. The average molecular weight is 292 g/mol. The number of ether oxygens (including phenoxy) is 2. The Kier molecular flexibility index (Phi) is 4.39. The maximum absolute atomic E-state index is 12.4. The molecule has 0 aliphatic carbocycles. The second-order valence-corrected chi connectivity index (χ2v) is 6.90. The Morgan fingerprint density at radius 3 is 2.24 bits per heavy atom. The van der Waals surface area contributed by atoms with Gasteiger partial charge in [0.15, 0.2) is 0 Å². The number of carbonyl (C=O) groups is 1. The number of rotatable bonds is 8. The highest BCUT2D eigenvalue weighted by molar-refractivity contribution is 5.78. The van der Waals surface area contributed by atoms with Gasteiger partial charge in [0.1, 0.15) is 5.60 Å². The molecule has 3 heteroatoms. The zero-order valence-electron chi connectivity index (χ0n) is 13.3. The SMILES string of the molecule is CCCCCC1(CCCCC)OC(=O)[C@H]2[C@@H]1[C@@H]1C=C[C@H]2O1. The molecule has 3 aliphatic rings. The molecule has 0 N–H and O–H groups in total. The smallest absolute Gasteiger partial charge is 0.313 e. The van der Waals surface area contributed by atoms with Crippen LogP contribution in [0.5, 0.6) is 0 Å². The Hall–Kier alpha value is -0.830. The molecule has 3 heterocycles. The van der Waals surface area contributed by atoms with Gasteiger partial charge in [-0.1, -0.05) is 51.7 Å². The van der Waals surface area contributed by atoms with Gasteiger partial charge in [0.25, 0.3) is 0 Å². The minimum Gasteiger partial charge on any atom is -0.458 e. The van der Waals surface area contributed by atoms with E-state index in [4.69, 9.17) is 9.47 Å². The van der Waals surface area contributed by atoms with Crippen LogP contribution in [0.15, 0.2) is 12.2 Å². The second-order valence-electron chi connectivity index (χ2n) is 6.90. The van der Waals surface area contributed by atoms with E-state index < -0.39 is 0 Å². The standard InChI is InChI=1S/C18H28O3/c1-3-5-7-11-18(12-8-6-4-2)16-14-10-9-13(20-14)15(16)17(19)21-18/h9-10,13-16H,3-8,11-12H2,1-2H3/t13-,14+,15-,16+/m1/s1. The van der Waals surface area contributed by atoms with Crippen molar-refractivity contribution in [2.75, 3.05) is 0 Å². The molecule has 0 aromatic rings. The summed E-state index contributed by atoms with van der Waals surface area (Å²) in [4.78, 5) is 12.4. The van der Waals surface area contributed by atoms with Crippen LogP contribution in [0.2, 0.25) is 0 Å². The third kappa shape index (κ3) is 2.54. The van der Waals surface area contributed by atoms with E-state index in [1.165, 1.54) is 25.7 Å². The summed E-state index contributed by atoms with van der Waals surface area (Å²) >= 11 is 0. The number of hydrogen-bond donors (Lipinski definition) is 0. The lowest BCUT2D eigenvalue weighted by Crippen LogP contribution is -2.41. The van der Waals surface area contributed by atoms with Crippen LogP contribution in [0.3, 0.4) is 0 Å². The van der Waals surface area contributed by atoms with Crippen molar-refractivity contribution >= 4 is 5.97 Å². The van der Waals surface area contributed by atoms with Crippen molar-refractivity contribution in [2.45, 2.75) is 83.0 Å². The molecule has 0 aromatic heterocycles. The van der Waals surface area contributed by atoms with E-state index in [1.807, 2.05) is 0 Å². The molecule has 0 saturated carbocycles. The van der Waals surface area contributed by atoms with Gasteiger partial charge >= 0.3 is 5.97 Å². The Balaban J connectivity index is 1.77. The molecule has 3 nitrogen and oxygen atoms in total. The fourth-order valence-electron chi connectivity index (χ4n) is 4.46. The number of cyclic esters (lactones) is 1. The molecule has 2 saturated heterocycles. The van der Waals surface area contributed by atoms with Crippen molar-refractivity contribution in [1.82, 2.24) is 0 Å². The van der Waals surface area contributed by atoms with E-state index in [9.17, 15) is 4.79 Å². The van der Waals surface area contributed by atoms with Crippen LogP contribution in [-0.4, -0.2) is 23.8 Å². The van der Waals surface area contributed by atoms with Crippen molar-refractivity contribution in [3.8, 4) is 0 Å². The number of fused-ring (bicyclic) bond motifs is 5. The molecule has 3 rings (SSSR count). The average Bonchev–Trinajstić information content (AvgIpc) is 3.14. The molecule has 2 bridgehead atoms. The summed E-state index contributed by atoms with van der Waals surface area (Å²) in [6.45, 7) is 4.44. The molecule has 21 heavy (non-hydrogen) atoms. The quantitative estimate of drug-likeness (QED) is 0.385. The highest BCUT2D eigenvalue weighted by Crippen LogP contribution is 2.54. The fraction of sp³-hybridized carbons (Fsp3) is 0.833. The highest BCUT2D eigenvalue weighted by Gasteiger charge is 2.65. The van der Waals surface area contributed by atoms with E-state index in [1.54, 1.807) is 0 Å². The lowest BCUT2D eigenvalue weighted by Gasteiger charge is -2.35. The van der Waals surface area contributed by atoms with Crippen LogP contribution in [0.25, 0.3) is 0 Å². The van der Waals surface area contributed by atoms with Crippen molar-refractivity contribution in [3.63, 3.8) is 0 Å². The van der Waals surface area contributed by atoms with Crippen LogP contribution >= 0.6 is 0 Å². The normalized spacial score (nSPS) is 35.2. The predicted octanol–water partition coefficient (Wildman–Crippen LogP) is 4.01. The zero-order valence-corrected chi connectivity index (χ0v) is 13.3. The molecule has 4 atom stereocenters. The highest BCUT2D eigenvalue weighted by atomic mass is 16.6. The first-order chi connectivity index (χ1) is 10.2. The summed E-state index contributed by atoms with van der Waals surface area (Å²) in [6, 6.07) is 0. The first-order valence-corrected chi connectivity index (χ1v) is 8.78. The Bertz CT molecular complexity index is 405. The molecule has 0 spiro atoms. The predicted molar refractivity (Wildman–Crippen MR) is 81.9 cm³/mol. The fourth-order valence-corrected chi connectivity index (χ4v) is 4.46. The van der Waals surface area contributed by atoms with E-state index in [0.29, 0.717) is 0 Å². The maximum atomic E-state index is 12.4. The van der Waals surface area contributed by atoms with Gasteiger partial charge in [-0.25, -0.2) is 0 Å². The summed E-state index contributed by atoms with van der Waals surface area (Å²) in [7, 11) is 0. The van der Waals surface area contributed by atoms with Crippen molar-refractivity contribution < 1.29 is 14.3 Å². The van der Waals surface area contributed by atoms with Crippen LogP contribution in [0.4, 0.5) is 0 Å². The van der Waals surface area contributed by atoms with Gasteiger partial charge in [-0.2, -0.15) is 0 Å². The largest absolute Gasteiger partial charge is 0.458 e. The third-order valence-electron chi connectivity index (χ3n) is 5.49. The summed E-state index contributed by atoms with van der Waals surface area (Å²) in [5.41, 5.74) is -0.254. The molecular formula is C18H28O3. The number of unbranched alkanes of at least 4 members (excludes halogenated alkanes) is 4. The van der Waals surface area contributed by atoms with E-state index in [2.05, 4.69) is 26.0 Å². The second kappa shape index (κ2) is 6.12. The third-order valence-corrected chi connectivity index (χ3v) is 5.49. The monoisotopic (exact) mass is 292 g/mol. The lowest BCUT2D eigenvalue weighted by molar-refractivity contribution is -0.157. The van der Waals surface area contributed by atoms with Crippen LogP contribution in [0, 0.1) is 11.8 Å². The van der Waals surface area contributed by atoms with Crippen molar-refractivity contribution in [1.29, 1.82) is 0 Å². The summed E-state index contributed by atoms with van der Waals surface area (Å²) in [6.07, 6.45) is 13.5. The minimum atomic E-state index is -0.254. The Labute approximate surface area is 128 Å². The number of hydrogen-bond acceptors (Lipinski definition) is 3. The molecule has 118 valence electrons. The van der Waals surface area contributed by atoms with Gasteiger partial charge < -0.3 is 9.47 Å². The van der Waals surface area contributed by atoms with Crippen molar-refractivity contribution in [3.05, 3.63) is 12.2 Å². The first kappa shape index (κ1) is 15.1. The number of esters is 1. The van der Waals surface area contributed by atoms with Gasteiger partial charge in [-0.15, -0.1) is 0 Å². The van der Waals surface area contributed by atoms with Crippen LogP contribution in [0.1, 0.15) is 65.2 Å². The van der Waals surface area contributed by atoms with Gasteiger partial charge in [-0.3, -0.25) is 4.79 Å². The molecule has 0 amide bonds. The molecule has 2 fully saturated rings. The van der Waals surface area contributed by atoms with Gasteiger partial charge in [0.2, 0.25) is 0 Å². The van der Waals surface area contributed by atoms with Crippen LogP contribution < -0.4 is 0 Å². The Morgan fingerprint density at radius 2 is 1.62 bits per heavy atom. The van der Waals surface area contributed by atoms with Gasteiger partial charge in [-0.05, 0) is 25.7 Å². The molecule has 0 radical (unpaired) electrons. The number of carbonyl (C=O) groups excluding carboxylic acids is 1. The summed E-state index contributed by atoms with van der Waals surface area (Å²) < 4.78 is 12.0. The van der Waals surface area contributed by atoms with Crippen LogP contribution in [-0.2, 0) is 14.3 Å². The lowest BCUT2D eigenvalue weighted by atomic mass is 9.71.